The van der Waals surface area contributed by atoms with Crippen molar-refractivity contribution in [3.05, 3.63) is 23.4 Å². The van der Waals surface area contributed by atoms with Crippen molar-refractivity contribution < 1.29 is 0 Å². The molecule has 13 heavy (non-hydrogen) atoms. The molecule has 3 aliphatic rings. The van der Waals surface area contributed by atoms with Crippen molar-refractivity contribution in [2.45, 2.75) is 39.5 Å². The Hall–Kier alpha value is -0.720. The quantitative estimate of drug-likeness (QED) is 0.600. The lowest BCUT2D eigenvalue weighted by Gasteiger charge is -2.10. The third kappa shape index (κ3) is 1.31. The van der Waals surface area contributed by atoms with Gasteiger partial charge in [0, 0.05) is 17.7 Å². The number of nitrogens with one attached hydrogen (secondary N) is 1. The highest BCUT2D eigenvalue weighted by molar-refractivity contribution is 5.42. The summed E-state index contributed by atoms with van der Waals surface area (Å²) in [5, 5.41) is 3.54. The molecule has 1 nitrogen and oxygen atoms in total. The van der Waals surface area contributed by atoms with Gasteiger partial charge in [-0.1, -0.05) is 26.0 Å². The highest BCUT2D eigenvalue weighted by Crippen LogP contribution is 2.56. The maximum Gasteiger partial charge on any atom is 0.0241 e. The van der Waals surface area contributed by atoms with Gasteiger partial charge in [-0.15, -0.1) is 0 Å². The predicted octanol–water partition coefficient (Wildman–Crippen LogP) is 3.00. The first kappa shape index (κ1) is 8.86. The van der Waals surface area contributed by atoms with Crippen LogP contribution in [0.15, 0.2) is 23.4 Å². The molecular weight excluding hydrogens is 158 g/mol. The van der Waals surface area contributed by atoms with Gasteiger partial charge in [0.25, 0.3) is 0 Å². The summed E-state index contributed by atoms with van der Waals surface area (Å²) in [5.74, 6) is 0. The van der Waals surface area contributed by atoms with E-state index in [0.29, 0.717) is 5.41 Å². The predicted molar refractivity (Wildman–Crippen MR) is 56.4 cm³/mol. The molecule has 1 fully saturated rings. The fraction of sp³-hybridized carbons (Fsp3) is 0.667. The lowest BCUT2D eigenvalue weighted by molar-refractivity contribution is 0.635. The number of fused-ring (bicyclic) bond motifs is 1. The average molecular weight is 177 g/mol. The summed E-state index contributed by atoms with van der Waals surface area (Å²) in [6.07, 6.45) is 10.0. The largest absolute Gasteiger partial charge is 0.387 e. The molecular formula is C12H19N. The van der Waals surface area contributed by atoms with Crippen molar-refractivity contribution >= 4 is 0 Å². The van der Waals surface area contributed by atoms with Gasteiger partial charge in [-0.3, -0.25) is 0 Å². The molecule has 1 saturated carbocycles. The van der Waals surface area contributed by atoms with E-state index in [9.17, 15) is 0 Å². The van der Waals surface area contributed by atoms with Gasteiger partial charge in [-0.25, -0.2) is 0 Å². The van der Waals surface area contributed by atoms with Gasteiger partial charge < -0.3 is 5.32 Å². The Morgan fingerprint density at radius 3 is 2.77 bits per heavy atom. The Morgan fingerprint density at radius 1 is 1.31 bits per heavy atom. The van der Waals surface area contributed by atoms with E-state index in [2.05, 4.69) is 17.5 Å². The molecule has 0 aromatic carbocycles. The van der Waals surface area contributed by atoms with Crippen LogP contribution in [-0.2, 0) is 0 Å². The third-order valence-electron chi connectivity index (χ3n) is 3.24. The number of hydrogen-bond acceptors (Lipinski definition) is 1. The van der Waals surface area contributed by atoms with Crippen molar-refractivity contribution in [1.29, 1.82) is 0 Å². The first-order valence-corrected chi connectivity index (χ1v) is 5.55. The second kappa shape index (κ2) is 3.21. The summed E-state index contributed by atoms with van der Waals surface area (Å²) in [7, 11) is 0. The number of rotatable bonds is 0. The molecule has 0 radical (unpaired) electrons. The first-order valence-electron chi connectivity index (χ1n) is 5.55. The fourth-order valence-electron chi connectivity index (χ4n) is 2.31. The van der Waals surface area contributed by atoms with Crippen molar-refractivity contribution in [3.63, 3.8) is 0 Å². The van der Waals surface area contributed by atoms with Crippen LogP contribution in [-0.4, -0.2) is 6.54 Å². The molecule has 2 aliphatic carbocycles. The number of allylic oxidation sites excluding steroid dienone is 3. The topological polar surface area (TPSA) is 12.0 Å². The Bertz CT molecular complexity index is 256. The SMILES string of the molecule is C1=CC2=C(CC1)NCC21CC1.CC. The van der Waals surface area contributed by atoms with E-state index in [4.69, 9.17) is 0 Å². The summed E-state index contributed by atoms with van der Waals surface area (Å²) in [5.41, 5.74) is 3.81. The summed E-state index contributed by atoms with van der Waals surface area (Å²) < 4.78 is 0. The van der Waals surface area contributed by atoms with E-state index in [-0.39, 0.29) is 0 Å². The van der Waals surface area contributed by atoms with Crippen molar-refractivity contribution in [1.82, 2.24) is 5.32 Å². The van der Waals surface area contributed by atoms with Crippen molar-refractivity contribution in [2.24, 2.45) is 5.41 Å². The summed E-state index contributed by atoms with van der Waals surface area (Å²) >= 11 is 0. The van der Waals surface area contributed by atoms with Crippen molar-refractivity contribution in [2.75, 3.05) is 6.54 Å². The van der Waals surface area contributed by atoms with Gasteiger partial charge in [0.1, 0.15) is 0 Å². The minimum atomic E-state index is 0.617. The van der Waals surface area contributed by atoms with Gasteiger partial charge in [0.05, 0.1) is 0 Å². The zero-order valence-corrected chi connectivity index (χ0v) is 8.69. The maximum absolute atomic E-state index is 3.54. The normalized spacial score (nSPS) is 26.3. The van der Waals surface area contributed by atoms with Crippen LogP contribution in [0.4, 0.5) is 0 Å². The zero-order valence-electron chi connectivity index (χ0n) is 8.69. The minimum Gasteiger partial charge on any atom is -0.387 e. The van der Waals surface area contributed by atoms with E-state index < -0.39 is 0 Å². The van der Waals surface area contributed by atoms with Crippen LogP contribution in [0.2, 0.25) is 0 Å². The standard InChI is InChI=1S/C10H13N.C2H6/c1-2-4-9-8(3-1)10(5-6-10)7-11-9;1-2/h1,3,11H,2,4-7H2;1-2H3. The molecule has 0 atom stereocenters. The van der Waals surface area contributed by atoms with E-state index in [1.165, 1.54) is 32.2 Å². The van der Waals surface area contributed by atoms with Crippen LogP contribution in [0, 0.1) is 5.41 Å². The third-order valence-corrected chi connectivity index (χ3v) is 3.24. The van der Waals surface area contributed by atoms with Crippen LogP contribution in [0.25, 0.3) is 0 Å². The van der Waals surface area contributed by atoms with Gasteiger partial charge in [0.15, 0.2) is 0 Å². The Labute approximate surface area is 80.9 Å². The first-order chi connectivity index (χ1) is 6.41. The van der Waals surface area contributed by atoms with Crippen LogP contribution < -0.4 is 5.32 Å². The molecule has 0 aromatic rings. The van der Waals surface area contributed by atoms with Gasteiger partial charge in [-0.05, 0) is 31.3 Å². The summed E-state index contributed by atoms with van der Waals surface area (Å²) in [6, 6.07) is 0. The van der Waals surface area contributed by atoms with E-state index in [1.54, 1.807) is 11.3 Å². The second-order valence-corrected chi connectivity index (χ2v) is 3.97. The summed E-state index contributed by atoms with van der Waals surface area (Å²) in [4.78, 5) is 0. The van der Waals surface area contributed by atoms with Gasteiger partial charge in [-0.2, -0.15) is 0 Å². The average Bonchev–Trinajstić information content (AvgIpc) is 2.90. The lowest BCUT2D eigenvalue weighted by atomic mass is 9.93. The van der Waals surface area contributed by atoms with E-state index in [0.717, 1.165) is 0 Å². The maximum atomic E-state index is 3.54. The molecule has 0 unspecified atom stereocenters. The van der Waals surface area contributed by atoms with Crippen LogP contribution in [0.3, 0.4) is 0 Å². The molecule has 1 heterocycles. The fourth-order valence-corrected chi connectivity index (χ4v) is 2.31. The smallest absolute Gasteiger partial charge is 0.0241 e. The molecule has 0 aromatic heterocycles. The van der Waals surface area contributed by atoms with Crippen LogP contribution >= 0.6 is 0 Å². The Kier molecular flexibility index (Phi) is 2.19. The lowest BCUT2D eigenvalue weighted by Crippen LogP contribution is -2.12. The molecule has 0 amide bonds. The highest BCUT2D eigenvalue weighted by Gasteiger charge is 2.49. The zero-order chi connectivity index (χ0) is 9.31. The summed E-state index contributed by atoms with van der Waals surface area (Å²) in [6.45, 7) is 5.22. The van der Waals surface area contributed by atoms with Gasteiger partial charge >= 0.3 is 0 Å². The minimum absolute atomic E-state index is 0.617. The molecule has 72 valence electrons. The van der Waals surface area contributed by atoms with Gasteiger partial charge in [0.2, 0.25) is 0 Å². The van der Waals surface area contributed by atoms with Crippen LogP contribution in [0.5, 0.6) is 0 Å². The monoisotopic (exact) mass is 177 g/mol. The highest BCUT2D eigenvalue weighted by atomic mass is 15.0. The molecule has 1 heteroatoms. The Morgan fingerprint density at radius 2 is 2.08 bits per heavy atom. The molecule has 0 saturated heterocycles. The number of hydrogen-bond donors (Lipinski definition) is 1. The van der Waals surface area contributed by atoms with Crippen molar-refractivity contribution in [3.8, 4) is 0 Å². The molecule has 3 rings (SSSR count). The second-order valence-electron chi connectivity index (χ2n) is 3.97. The van der Waals surface area contributed by atoms with E-state index in [1.807, 2.05) is 13.8 Å². The molecule has 0 bridgehead atoms. The Balaban J connectivity index is 0.000000308. The van der Waals surface area contributed by atoms with Crippen LogP contribution in [0.1, 0.15) is 39.5 Å². The van der Waals surface area contributed by atoms with E-state index >= 15 is 0 Å². The molecule has 1 N–H and O–H groups in total. The molecule has 1 spiro atoms. The molecule has 1 aliphatic heterocycles.